The molecule has 0 aliphatic carbocycles. The van der Waals surface area contributed by atoms with E-state index in [2.05, 4.69) is 20.9 Å². The molecule has 0 spiro atoms. The van der Waals surface area contributed by atoms with Gasteiger partial charge in [-0.15, -0.1) is 0 Å². The average molecular weight is 318 g/mol. The second kappa shape index (κ2) is 4.78. The monoisotopic (exact) mass is 317 g/mol. The molecule has 0 N–H and O–H groups in total. The quantitative estimate of drug-likeness (QED) is 0.801. The van der Waals surface area contributed by atoms with E-state index >= 15 is 0 Å². The van der Waals surface area contributed by atoms with Crippen LogP contribution in [0, 0.1) is 6.92 Å². The van der Waals surface area contributed by atoms with Crippen LogP contribution in [0.25, 0.3) is 0 Å². The summed E-state index contributed by atoms with van der Waals surface area (Å²) < 4.78 is 6.80. The third-order valence-corrected chi connectivity index (χ3v) is 3.61. The molecule has 2 aromatic rings. The molecule has 0 bridgehead atoms. The normalized spacial score (nSPS) is 17.8. The number of ether oxygens (including phenoxy) is 1. The smallest absolute Gasteiger partial charge is 0.170 e. The van der Waals surface area contributed by atoms with E-state index in [0.717, 1.165) is 15.6 Å². The van der Waals surface area contributed by atoms with Crippen LogP contribution >= 0.6 is 15.9 Å². The van der Waals surface area contributed by atoms with Gasteiger partial charge < -0.3 is 4.74 Å². The molecule has 0 fully saturated rings. The summed E-state index contributed by atoms with van der Waals surface area (Å²) in [6.07, 6.45) is 3.55. The highest BCUT2D eigenvalue weighted by molar-refractivity contribution is 9.10. The molecule has 1 aromatic heterocycles. The number of ketones is 1. The highest BCUT2D eigenvalue weighted by Crippen LogP contribution is 2.35. The number of rotatable bonds is 1. The number of benzene rings is 1. The van der Waals surface area contributed by atoms with Crippen molar-refractivity contribution in [3.8, 4) is 5.75 Å². The molecule has 1 atom stereocenters. The Morgan fingerprint density at radius 3 is 2.95 bits per heavy atom. The third-order valence-electron chi connectivity index (χ3n) is 3.17. The van der Waals surface area contributed by atoms with Crippen LogP contribution in [0.5, 0.6) is 5.75 Å². The number of carbonyl (C=O) groups excluding carboxylic acids is 1. The number of aromatic nitrogens is 1. The Kier molecular flexibility index (Phi) is 3.11. The molecule has 0 saturated heterocycles. The zero-order chi connectivity index (χ0) is 13.4. The van der Waals surface area contributed by atoms with Gasteiger partial charge in [0.25, 0.3) is 0 Å². The number of hydrogen-bond acceptors (Lipinski definition) is 3. The predicted molar refractivity (Wildman–Crippen MR) is 75.4 cm³/mol. The minimum absolute atomic E-state index is 0.120. The lowest BCUT2D eigenvalue weighted by Crippen LogP contribution is -2.20. The highest BCUT2D eigenvalue weighted by Gasteiger charge is 2.27. The molecule has 1 unspecified atom stereocenters. The maximum Gasteiger partial charge on any atom is 0.170 e. The summed E-state index contributed by atoms with van der Waals surface area (Å²) in [6.45, 7) is 1.97. The molecule has 3 nitrogen and oxygen atoms in total. The Bertz CT molecular complexity index is 654. The minimum atomic E-state index is -0.257. The number of hydrogen-bond donors (Lipinski definition) is 0. The molecule has 0 amide bonds. The maximum absolute atomic E-state index is 12.2. The molecule has 0 saturated carbocycles. The largest absolute Gasteiger partial charge is 0.484 e. The molecule has 19 heavy (non-hydrogen) atoms. The lowest BCUT2D eigenvalue weighted by atomic mass is 9.96. The van der Waals surface area contributed by atoms with Crippen molar-refractivity contribution in [1.29, 1.82) is 0 Å². The highest BCUT2D eigenvalue weighted by atomic mass is 79.9. The molecule has 4 heteroatoms. The van der Waals surface area contributed by atoms with Crippen LogP contribution in [0.15, 0.2) is 41.1 Å². The molecule has 1 aliphatic rings. The van der Waals surface area contributed by atoms with E-state index in [0.29, 0.717) is 17.7 Å². The fraction of sp³-hybridized carbons (Fsp3) is 0.200. The number of pyridine rings is 1. The molecule has 0 radical (unpaired) electrons. The molecular weight excluding hydrogens is 306 g/mol. The summed E-state index contributed by atoms with van der Waals surface area (Å²) >= 11 is 3.38. The topological polar surface area (TPSA) is 39.2 Å². The van der Waals surface area contributed by atoms with Gasteiger partial charge >= 0.3 is 0 Å². The van der Waals surface area contributed by atoms with Gasteiger partial charge in [0, 0.05) is 22.4 Å². The van der Waals surface area contributed by atoms with Crippen LogP contribution < -0.4 is 4.74 Å². The van der Waals surface area contributed by atoms with Gasteiger partial charge in [0.2, 0.25) is 0 Å². The van der Waals surface area contributed by atoms with Crippen molar-refractivity contribution in [2.45, 2.75) is 19.4 Å². The van der Waals surface area contributed by atoms with Crippen LogP contribution in [0.3, 0.4) is 0 Å². The second-order valence-electron chi connectivity index (χ2n) is 4.67. The van der Waals surface area contributed by atoms with Crippen LogP contribution in [0.4, 0.5) is 0 Å². The Labute approximate surface area is 119 Å². The summed E-state index contributed by atoms with van der Waals surface area (Å²) in [6, 6.07) is 7.63. The van der Waals surface area contributed by atoms with Gasteiger partial charge in [0.05, 0.1) is 12.0 Å². The molecule has 3 rings (SSSR count). The molecule has 1 aliphatic heterocycles. The summed E-state index contributed by atoms with van der Waals surface area (Å²) in [5.41, 5.74) is 2.66. The van der Waals surface area contributed by atoms with E-state index < -0.39 is 0 Å². The number of fused-ring (bicyclic) bond motifs is 1. The number of halogens is 1. The lowest BCUT2D eigenvalue weighted by Gasteiger charge is -2.25. The van der Waals surface area contributed by atoms with Gasteiger partial charge in [-0.3, -0.25) is 9.78 Å². The first kappa shape index (κ1) is 12.4. The van der Waals surface area contributed by atoms with Gasteiger partial charge in [0.15, 0.2) is 5.78 Å². The van der Waals surface area contributed by atoms with E-state index in [-0.39, 0.29) is 11.9 Å². The van der Waals surface area contributed by atoms with Crippen molar-refractivity contribution in [1.82, 2.24) is 4.98 Å². The second-order valence-corrected chi connectivity index (χ2v) is 5.59. The van der Waals surface area contributed by atoms with E-state index in [1.54, 1.807) is 12.4 Å². The third kappa shape index (κ3) is 2.40. The molecule has 2 heterocycles. The lowest BCUT2D eigenvalue weighted by molar-refractivity contribution is 0.0849. The number of Topliss-reactive ketones (excluding diaryl/α,β-unsaturated/α-hetero) is 1. The van der Waals surface area contributed by atoms with Crippen LogP contribution in [-0.4, -0.2) is 10.8 Å². The van der Waals surface area contributed by atoms with E-state index in [1.807, 2.05) is 31.2 Å². The van der Waals surface area contributed by atoms with Crippen molar-refractivity contribution in [3.63, 3.8) is 0 Å². The Balaban J connectivity index is 1.97. The van der Waals surface area contributed by atoms with Crippen LogP contribution in [0.2, 0.25) is 0 Å². The number of aryl methyl sites for hydroxylation is 1. The van der Waals surface area contributed by atoms with Gasteiger partial charge in [0.1, 0.15) is 11.9 Å². The number of carbonyl (C=O) groups is 1. The number of nitrogens with zero attached hydrogens (tertiary/aromatic N) is 1. The first-order chi connectivity index (χ1) is 9.13. The summed E-state index contributed by atoms with van der Waals surface area (Å²) in [7, 11) is 0. The van der Waals surface area contributed by atoms with Crippen LogP contribution in [-0.2, 0) is 0 Å². The summed E-state index contributed by atoms with van der Waals surface area (Å²) in [4.78, 5) is 16.3. The van der Waals surface area contributed by atoms with Crippen molar-refractivity contribution < 1.29 is 9.53 Å². The van der Waals surface area contributed by atoms with E-state index in [1.165, 1.54) is 0 Å². The summed E-state index contributed by atoms with van der Waals surface area (Å²) in [5.74, 6) is 0.779. The Morgan fingerprint density at radius 2 is 2.16 bits per heavy atom. The first-order valence-corrected chi connectivity index (χ1v) is 6.84. The van der Waals surface area contributed by atoms with Crippen molar-refractivity contribution in [2.24, 2.45) is 0 Å². The predicted octanol–water partition coefficient (Wildman–Crippen LogP) is 3.86. The minimum Gasteiger partial charge on any atom is -0.484 e. The van der Waals surface area contributed by atoms with E-state index in [9.17, 15) is 4.79 Å². The van der Waals surface area contributed by atoms with Crippen molar-refractivity contribution in [2.75, 3.05) is 0 Å². The zero-order valence-electron chi connectivity index (χ0n) is 10.4. The summed E-state index contributed by atoms with van der Waals surface area (Å²) in [5, 5.41) is 0. The maximum atomic E-state index is 12.2. The fourth-order valence-corrected chi connectivity index (χ4v) is 2.61. The molecular formula is C15H12BrNO2. The Morgan fingerprint density at radius 1 is 1.32 bits per heavy atom. The van der Waals surface area contributed by atoms with Gasteiger partial charge in [-0.25, -0.2) is 0 Å². The van der Waals surface area contributed by atoms with Gasteiger partial charge in [-0.1, -0.05) is 11.6 Å². The zero-order valence-corrected chi connectivity index (χ0v) is 12.0. The standard InChI is InChI=1S/C15H12BrNO2/c1-9-2-3-14-12(4-9)13(18)6-15(19-14)10-5-11(16)8-17-7-10/h2-5,7-8,15H,6H2,1H3. The SMILES string of the molecule is Cc1ccc2c(c1)C(=O)CC(c1cncc(Br)c1)O2. The first-order valence-electron chi connectivity index (χ1n) is 6.04. The average Bonchev–Trinajstić information content (AvgIpc) is 2.39. The Hall–Kier alpha value is -1.68. The van der Waals surface area contributed by atoms with Crippen molar-refractivity contribution >= 4 is 21.7 Å². The van der Waals surface area contributed by atoms with Gasteiger partial charge in [-0.2, -0.15) is 0 Å². The van der Waals surface area contributed by atoms with E-state index in [4.69, 9.17) is 4.74 Å². The molecule has 96 valence electrons. The fourth-order valence-electron chi connectivity index (χ4n) is 2.23. The molecule has 1 aromatic carbocycles. The van der Waals surface area contributed by atoms with Crippen molar-refractivity contribution in [3.05, 3.63) is 57.8 Å². The van der Waals surface area contributed by atoms with Crippen LogP contribution in [0.1, 0.15) is 34.0 Å². The van der Waals surface area contributed by atoms with Gasteiger partial charge in [-0.05, 0) is 41.1 Å².